The highest BCUT2D eigenvalue weighted by Crippen LogP contribution is 2.20. The smallest absolute Gasteiger partial charge is 0.243 e. The minimum atomic E-state index is -3.48. The van der Waals surface area contributed by atoms with E-state index in [1.54, 1.807) is 17.0 Å². The number of anilines is 1. The first-order valence-electron chi connectivity index (χ1n) is 6.93. The molecule has 0 aliphatic carbocycles. The predicted molar refractivity (Wildman–Crippen MR) is 85.5 cm³/mol. The second-order valence-electron chi connectivity index (χ2n) is 5.75. The first kappa shape index (κ1) is 17.5. The van der Waals surface area contributed by atoms with Crippen LogP contribution in [0.1, 0.15) is 32.8 Å². The van der Waals surface area contributed by atoms with Gasteiger partial charge in [-0.05, 0) is 38.0 Å². The Hall–Kier alpha value is -1.56. The number of carbonyl (C=O) groups excluding carboxylic acids is 1. The van der Waals surface area contributed by atoms with Gasteiger partial charge in [-0.1, -0.05) is 19.1 Å². The number of hydrogen-bond acceptors (Lipinski definition) is 4. The number of nitrogen functional groups attached to an aromatic ring is 1. The number of nitrogens with zero attached hydrogens (tertiary/aromatic N) is 1. The SMILES string of the molecule is CCCN(Cc1ccc(N)cc1)C(=O)C(C)(C)S(C)(=O)=O. The van der Waals surface area contributed by atoms with Gasteiger partial charge in [-0.3, -0.25) is 4.79 Å². The van der Waals surface area contributed by atoms with Gasteiger partial charge in [-0.15, -0.1) is 0 Å². The van der Waals surface area contributed by atoms with Crippen LogP contribution in [0.3, 0.4) is 0 Å². The molecule has 0 bridgehead atoms. The maximum atomic E-state index is 12.6. The van der Waals surface area contributed by atoms with Crippen LogP contribution in [0.5, 0.6) is 0 Å². The van der Waals surface area contributed by atoms with Crippen molar-refractivity contribution >= 4 is 21.4 Å². The number of nitrogens with two attached hydrogens (primary N) is 1. The highest BCUT2D eigenvalue weighted by Gasteiger charge is 2.41. The second kappa shape index (κ2) is 6.47. The van der Waals surface area contributed by atoms with E-state index in [4.69, 9.17) is 5.73 Å². The first-order valence-corrected chi connectivity index (χ1v) is 8.82. The van der Waals surface area contributed by atoms with Gasteiger partial charge in [-0.2, -0.15) is 0 Å². The number of carbonyl (C=O) groups is 1. The van der Waals surface area contributed by atoms with E-state index >= 15 is 0 Å². The number of amides is 1. The van der Waals surface area contributed by atoms with Crippen molar-refractivity contribution in [2.24, 2.45) is 0 Å². The van der Waals surface area contributed by atoms with Crippen LogP contribution in [0, 0.1) is 0 Å². The van der Waals surface area contributed by atoms with Crippen LogP contribution in [-0.4, -0.2) is 36.8 Å². The lowest BCUT2D eigenvalue weighted by Crippen LogP contribution is -2.49. The summed E-state index contributed by atoms with van der Waals surface area (Å²) in [6.07, 6.45) is 1.86. The molecule has 2 N–H and O–H groups in total. The topological polar surface area (TPSA) is 80.5 Å². The molecular formula is C15H24N2O3S. The van der Waals surface area contributed by atoms with Gasteiger partial charge < -0.3 is 10.6 Å². The lowest BCUT2D eigenvalue weighted by molar-refractivity contribution is -0.133. The van der Waals surface area contributed by atoms with Crippen molar-refractivity contribution in [3.63, 3.8) is 0 Å². The fraction of sp³-hybridized carbons (Fsp3) is 0.533. The summed E-state index contributed by atoms with van der Waals surface area (Å²) in [4.78, 5) is 14.2. The van der Waals surface area contributed by atoms with Gasteiger partial charge in [0.05, 0.1) is 0 Å². The van der Waals surface area contributed by atoms with Crippen molar-refractivity contribution in [1.82, 2.24) is 4.90 Å². The maximum absolute atomic E-state index is 12.6. The zero-order valence-electron chi connectivity index (χ0n) is 13.1. The molecule has 0 saturated heterocycles. The van der Waals surface area contributed by atoms with E-state index in [1.807, 2.05) is 19.1 Å². The summed E-state index contributed by atoms with van der Waals surface area (Å²) in [5.41, 5.74) is 7.22. The molecule has 5 nitrogen and oxygen atoms in total. The molecular weight excluding hydrogens is 288 g/mol. The molecule has 0 saturated carbocycles. The molecule has 0 aliphatic rings. The van der Waals surface area contributed by atoms with Gasteiger partial charge in [0.1, 0.15) is 4.75 Å². The van der Waals surface area contributed by atoms with Gasteiger partial charge in [-0.25, -0.2) is 8.42 Å². The molecule has 1 aromatic carbocycles. The van der Waals surface area contributed by atoms with Crippen LogP contribution >= 0.6 is 0 Å². The minimum absolute atomic E-state index is 0.372. The number of sulfone groups is 1. The molecule has 1 aromatic rings. The largest absolute Gasteiger partial charge is 0.399 e. The summed E-state index contributed by atoms with van der Waals surface area (Å²) in [5, 5.41) is 0. The Bertz CT molecular complexity index is 592. The predicted octanol–water partition coefficient (Wildman–Crippen LogP) is 1.83. The third-order valence-electron chi connectivity index (χ3n) is 3.58. The summed E-state index contributed by atoms with van der Waals surface area (Å²) in [7, 11) is -3.48. The number of rotatable bonds is 6. The molecule has 0 aliphatic heterocycles. The van der Waals surface area contributed by atoms with Gasteiger partial charge in [0.25, 0.3) is 0 Å². The molecule has 1 amide bonds. The average molecular weight is 312 g/mol. The first-order chi connectivity index (χ1) is 9.59. The van der Waals surface area contributed by atoms with E-state index in [2.05, 4.69) is 0 Å². The third kappa shape index (κ3) is 4.20. The number of benzene rings is 1. The van der Waals surface area contributed by atoms with E-state index in [0.29, 0.717) is 18.8 Å². The Kier molecular flexibility index (Phi) is 5.39. The third-order valence-corrected chi connectivity index (χ3v) is 5.60. The summed E-state index contributed by atoms with van der Waals surface area (Å²) in [6, 6.07) is 7.23. The lowest BCUT2D eigenvalue weighted by atomic mass is 10.1. The van der Waals surface area contributed by atoms with Crippen LogP contribution in [0.15, 0.2) is 24.3 Å². The molecule has 0 aromatic heterocycles. The van der Waals surface area contributed by atoms with E-state index in [1.165, 1.54) is 13.8 Å². The van der Waals surface area contributed by atoms with Crippen molar-refractivity contribution in [3.8, 4) is 0 Å². The quantitative estimate of drug-likeness (QED) is 0.813. The van der Waals surface area contributed by atoms with Crippen molar-refractivity contribution in [3.05, 3.63) is 29.8 Å². The van der Waals surface area contributed by atoms with Crippen LogP contribution in [0.4, 0.5) is 5.69 Å². The van der Waals surface area contributed by atoms with Crippen molar-refractivity contribution < 1.29 is 13.2 Å². The standard InChI is InChI=1S/C15H24N2O3S/c1-5-10-17(11-12-6-8-13(16)9-7-12)14(18)15(2,3)21(4,19)20/h6-9H,5,10-11,16H2,1-4H3. The van der Waals surface area contributed by atoms with Crippen LogP contribution < -0.4 is 5.73 Å². The minimum Gasteiger partial charge on any atom is -0.399 e. The fourth-order valence-corrected chi connectivity index (χ4v) is 2.35. The van der Waals surface area contributed by atoms with Gasteiger partial charge in [0, 0.05) is 25.0 Å². The van der Waals surface area contributed by atoms with E-state index in [0.717, 1.165) is 18.2 Å². The van der Waals surface area contributed by atoms with E-state index in [9.17, 15) is 13.2 Å². The van der Waals surface area contributed by atoms with Gasteiger partial charge >= 0.3 is 0 Å². The molecule has 6 heteroatoms. The molecule has 21 heavy (non-hydrogen) atoms. The molecule has 118 valence electrons. The van der Waals surface area contributed by atoms with E-state index < -0.39 is 14.6 Å². The van der Waals surface area contributed by atoms with Gasteiger partial charge in [0.2, 0.25) is 5.91 Å². The highest BCUT2D eigenvalue weighted by molar-refractivity contribution is 7.92. The summed E-state index contributed by atoms with van der Waals surface area (Å²) < 4.78 is 22.3. The normalized spacial score (nSPS) is 12.2. The van der Waals surface area contributed by atoms with Crippen LogP contribution in [-0.2, 0) is 21.2 Å². The summed E-state index contributed by atoms with van der Waals surface area (Å²) in [6.45, 7) is 5.76. The maximum Gasteiger partial charge on any atom is 0.243 e. The molecule has 0 unspecified atom stereocenters. The zero-order chi connectivity index (χ0) is 16.3. The Morgan fingerprint density at radius 3 is 2.19 bits per heavy atom. The Balaban J connectivity index is 3.01. The molecule has 0 atom stereocenters. The zero-order valence-corrected chi connectivity index (χ0v) is 13.9. The Morgan fingerprint density at radius 1 is 1.24 bits per heavy atom. The molecule has 0 spiro atoms. The second-order valence-corrected chi connectivity index (χ2v) is 8.32. The monoisotopic (exact) mass is 312 g/mol. The Labute approximate surface area is 127 Å². The lowest BCUT2D eigenvalue weighted by Gasteiger charge is -2.30. The summed E-state index contributed by atoms with van der Waals surface area (Å²) in [5.74, 6) is -0.372. The highest BCUT2D eigenvalue weighted by atomic mass is 32.2. The average Bonchev–Trinajstić information content (AvgIpc) is 2.38. The summed E-state index contributed by atoms with van der Waals surface area (Å²) >= 11 is 0. The van der Waals surface area contributed by atoms with Crippen LogP contribution in [0.25, 0.3) is 0 Å². The molecule has 1 rings (SSSR count). The fourth-order valence-electron chi connectivity index (χ4n) is 1.91. The number of hydrogen-bond donors (Lipinski definition) is 1. The molecule has 0 radical (unpaired) electrons. The molecule has 0 fully saturated rings. The van der Waals surface area contributed by atoms with Gasteiger partial charge in [0.15, 0.2) is 9.84 Å². The Morgan fingerprint density at radius 2 is 1.76 bits per heavy atom. The van der Waals surface area contributed by atoms with Crippen molar-refractivity contribution in [2.75, 3.05) is 18.5 Å². The van der Waals surface area contributed by atoms with E-state index in [-0.39, 0.29) is 5.91 Å². The molecule has 0 heterocycles. The van der Waals surface area contributed by atoms with Crippen molar-refractivity contribution in [1.29, 1.82) is 0 Å². The van der Waals surface area contributed by atoms with Crippen molar-refractivity contribution in [2.45, 2.75) is 38.5 Å². The van der Waals surface area contributed by atoms with Crippen LogP contribution in [0.2, 0.25) is 0 Å².